The van der Waals surface area contributed by atoms with Crippen LogP contribution in [0.3, 0.4) is 0 Å². The monoisotopic (exact) mass is 769 g/mol. The van der Waals surface area contributed by atoms with E-state index in [1.807, 2.05) is 11.3 Å². The van der Waals surface area contributed by atoms with Crippen molar-refractivity contribution in [3.63, 3.8) is 0 Å². The van der Waals surface area contributed by atoms with Gasteiger partial charge in [0.15, 0.2) is 0 Å². The number of anilines is 3. The van der Waals surface area contributed by atoms with E-state index in [-0.39, 0.29) is 5.41 Å². The van der Waals surface area contributed by atoms with Gasteiger partial charge in [0.1, 0.15) is 0 Å². The maximum atomic E-state index is 2.54. The van der Waals surface area contributed by atoms with E-state index in [0.717, 1.165) is 11.4 Å². The van der Waals surface area contributed by atoms with Gasteiger partial charge in [0.2, 0.25) is 0 Å². The Balaban J connectivity index is 1.16. The second kappa shape index (κ2) is 13.0. The van der Waals surface area contributed by atoms with Crippen molar-refractivity contribution < 1.29 is 0 Å². The first-order valence-corrected chi connectivity index (χ1v) is 21.3. The quantitative estimate of drug-likeness (QED) is 0.163. The zero-order valence-electron chi connectivity index (χ0n) is 32.6. The van der Waals surface area contributed by atoms with Gasteiger partial charge in [0.25, 0.3) is 0 Å². The normalized spacial score (nSPS) is 15.7. The Hall–Kier alpha value is -7.00. The van der Waals surface area contributed by atoms with Gasteiger partial charge in [-0.2, -0.15) is 0 Å². The van der Waals surface area contributed by atoms with Gasteiger partial charge in [-0.25, -0.2) is 0 Å². The van der Waals surface area contributed by atoms with Crippen LogP contribution in [0.2, 0.25) is 0 Å². The highest BCUT2D eigenvalue weighted by molar-refractivity contribution is 7.26. The van der Waals surface area contributed by atoms with Gasteiger partial charge in [-0.1, -0.05) is 176 Å². The van der Waals surface area contributed by atoms with Crippen LogP contribution in [0.1, 0.15) is 45.9 Å². The Morgan fingerprint density at radius 2 is 0.864 bits per heavy atom. The molecule has 278 valence electrons. The lowest BCUT2D eigenvalue weighted by atomic mass is 9.67. The molecule has 10 aromatic rings. The molecule has 9 aromatic carbocycles. The van der Waals surface area contributed by atoms with Gasteiger partial charge in [-0.05, 0) is 111 Å². The van der Waals surface area contributed by atoms with Crippen molar-refractivity contribution in [1.29, 1.82) is 0 Å². The fourth-order valence-corrected chi connectivity index (χ4v) is 11.8. The molecule has 59 heavy (non-hydrogen) atoms. The number of nitrogens with zero attached hydrogens (tertiary/aromatic N) is 1. The third-order valence-corrected chi connectivity index (χ3v) is 14.4. The maximum Gasteiger partial charge on any atom is 0.0714 e. The predicted molar refractivity (Wildman–Crippen MR) is 249 cm³/mol. The fourth-order valence-electron chi connectivity index (χ4n) is 10.6. The summed E-state index contributed by atoms with van der Waals surface area (Å²) in [6.07, 6.45) is 0. The first-order valence-electron chi connectivity index (χ1n) is 20.5. The van der Waals surface area contributed by atoms with Crippen molar-refractivity contribution in [2.75, 3.05) is 4.90 Å². The molecular weight excluding hydrogens is 731 g/mol. The average Bonchev–Trinajstić information content (AvgIpc) is 3.92. The Bertz CT molecular complexity index is 3200. The topological polar surface area (TPSA) is 3.24 Å². The van der Waals surface area contributed by atoms with E-state index in [1.54, 1.807) is 0 Å². The lowest BCUT2D eigenvalue weighted by Gasteiger charge is -2.35. The number of benzene rings is 9. The minimum Gasteiger partial charge on any atom is -0.310 e. The van der Waals surface area contributed by atoms with E-state index < -0.39 is 5.41 Å². The minimum absolute atomic E-state index is 0.328. The van der Waals surface area contributed by atoms with E-state index in [4.69, 9.17) is 0 Å². The van der Waals surface area contributed by atoms with Crippen molar-refractivity contribution in [3.8, 4) is 22.3 Å². The lowest BCUT2D eigenvalue weighted by molar-refractivity contribution is 0.714. The largest absolute Gasteiger partial charge is 0.310 e. The number of hydrogen-bond acceptors (Lipinski definition) is 2. The van der Waals surface area contributed by atoms with Crippen molar-refractivity contribution in [2.45, 2.75) is 17.8 Å². The van der Waals surface area contributed by atoms with Gasteiger partial charge >= 0.3 is 0 Å². The number of fused-ring (bicyclic) bond motifs is 9. The molecule has 0 bridgehead atoms. The summed E-state index contributed by atoms with van der Waals surface area (Å²) in [4.78, 5) is 2.54. The molecule has 0 saturated carbocycles. The van der Waals surface area contributed by atoms with Crippen LogP contribution in [-0.4, -0.2) is 0 Å². The summed E-state index contributed by atoms with van der Waals surface area (Å²) in [5.74, 6) is 0. The standard InChI is InChI=1S/C57H39NS/c1-56(38-18-5-2-6-19-38)48-27-14-11-24-43(48)45-34-32-41(36-50(45)56)58(52-29-17-31-54-55(52)47-26-13-16-30-53(47)59-54)42-33-35-46-44-25-12-15-28-49(44)57(51(46)37-42,39-20-7-3-8-21-39)40-22-9-4-10-23-40/h2-37H,1H3. The minimum atomic E-state index is -0.511. The Kier molecular flexibility index (Phi) is 7.51. The molecule has 1 aromatic heterocycles. The average molecular weight is 770 g/mol. The Morgan fingerprint density at radius 1 is 0.373 bits per heavy atom. The van der Waals surface area contributed by atoms with Crippen LogP contribution in [0.5, 0.6) is 0 Å². The summed E-state index contributed by atoms with van der Waals surface area (Å²) in [6.45, 7) is 2.41. The SMILES string of the molecule is CC1(c2ccccc2)c2ccccc2-c2ccc(N(c3ccc4c(c3)C(c3ccccc3)(c3ccccc3)c3ccccc3-4)c3cccc4sc5ccccc5c34)cc21. The second-order valence-electron chi connectivity index (χ2n) is 16.1. The van der Waals surface area contributed by atoms with E-state index >= 15 is 0 Å². The molecule has 0 radical (unpaired) electrons. The van der Waals surface area contributed by atoms with Crippen molar-refractivity contribution in [3.05, 3.63) is 257 Å². The molecule has 0 amide bonds. The van der Waals surface area contributed by atoms with Gasteiger partial charge < -0.3 is 4.90 Å². The van der Waals surface area contributed by atoms with Gasteiger partial charge in [0, 0.05) is 37.0 Å². The molecule has 0 N–H and O–H groups in total. The Morgan fingerprint density at radius 3 is 1.54 bits per heavy atom. The first kappa shape index (κ1) is 34.1. The smallest absolute Gasteiger partial charge is 0.0714 e. The van der Waals surface area contributed by atoms with Crippen LogP contribution in [0, 0.1) is 0 Å². The van der Waals surface area contributed by atoms with Crippen LogP contribution in [0.15, 0.2) is 218 Å². The van der Waals surface area contributed by atoms with Crippen LogP contribution < -0.4 is 4.90 Å². The molecule has 0 spiro atoms. The summed E-state index contributed by atoms with van der Waals surface area (Å²) in [7, 11) is 0. The summed E-state index contributed by atoms with van der Waals surface area (Å²) < 4.78 is 2.58. The van der Waals surface area contributed by atoms with Gasteiger partial charge in [-0.15, -0.1) is 11.3 Å². The Labute approximate surface area is 349 Å². The number of thiophene rings is 1. The van der Waals surface area contributed by atoms with E-state index in [2.05, 4.69) is 230 Å². The third-order valence-electron chi connectivity index (χ3n) is 13.2. The zero-order chi connectivity index (χ0) is 39.1. The van der Waals surface area contributed by atoms with Crippen molar-refractivity contribution in [2.24, 2.45) is 0 Å². The van der Waals surface area contributed by atoms with E-state index in [9.17, 15) is 0 Å². The molecule has 12 rings (SSSR count). The van der Waals surface area contributed by atoms with Gasteiger partial charge in [-0.3, -0.25) is 0 Å². The molecule has 1 atom stereocenters. The highest BCUT2D eigenvalue weighted by atomic mass is 32.1. The second-order valence-corrected chi connectivity index (χ2v) is 17.2. The predicted octanol–water partition coefficient (Wildman–Crippen LogP) is 15.2. The summed E-state index contributed by atoms with van der Waals surface area (Å²) in [5, 5.41) is 2.57. The molecule has 1 unspecified atom stereocenters. The van der Waals surface area contributed by atoms with Crippen LogP contribution in [-0.2, 0) is 10.8 Å². The highest BCUT2D eigenvalue weighted by Gasteiger charge is 2.46. The van der Waals surface area contributed by atoms with E-state index in [0.29, 0.717) is 0 Å². The molecule has 0 aliphatic heterocycles. The molecule has 2 aliphatic rings. The highest BCUT2D eigenvalue weighted by Crippen LogP contribution is 2.59. The maximum absolute atomic E-state index is 2.54. The van der Waals surface area contributed by atoms with Crippen LogP contribution >= 0.6 is 11.3 Å². The lowest BCUT2D eigenvalue weighted by Crippen LogP contribution is -2.28. The molecule has 0 fully saturated rings. The number of rotatable bonds is 6. The molecule has 1 nitrogen and oxygen atoms in total. The molecular formula is C57H39NS. The fraction of sp³-hybridized carbons (Fsp3) is 0.0526. The third kappa shape index (κ3) is 4.78. The summed E-state index contributed by atoms with van der Waals surface area (Å²) in [5.41, 5.74) is 16.9. The number of hydrogen-bond donors (Lipinski definition) is 0. The van der Waals surface area contributed by atoms with Gasteiger partial charge in [0.05, 0.1) is 11.1 Å². The van der Waals surface area contributed by atoms with Crippen LogP contribution in [0.25, 0.3) is 42.4 Å². The summed E-state index contributed by atoms with van der Waals surface area (Å²) in [6, 6.07) is 81.5. The molecule has 1 heterocycles. The van der Waals surface area contributed by atoms with Crippen molar-refractivity contribution in [1.82, 2.24) is 0 Å². The molecule has 0 saturated heterocycles. The molecule has 2 aliphatic carbocycles. The van der Waals surface area contributed by atoms with Crippen LogP contribution in [0.4, 0.5) is 17.1 Å². The van der Waals surface area contributed by atoms with Crippen molar-refractivity contribution >= 4 is 48.6 Å². The first-order chi connectivity index (χ1) is 29.2. The zero-order valence-corrected chi connectivity index (χ0v) is 33.5. The molecule has 2 heteroatoms. The summed E-state index contributed by atoms with van der Waals surface area (Å²) >= 11 is 1.87. The van der Waals surface area contributed by atoms with E-state index in [1.165, 1.54) is 87.1 Å².